The highest BCUT2D eigenvalue weighted by atomic mass is 14.4. The van der Waals surface area contributed by atoms with Gasteiger partial charge in [0.15, 0.2) is 7.28 Å². The maximum atomic E-state index is 7.48. The second-order valence-electron chi connectivity index (χ2n) is 2.64. The normalized spacial score (nSPS) is 9.27. The molecule has 1 N–H and O–H groups in total. The van der Waals surface area contributed by atoms with Crippen molar-refractivity contribution in [3.63, 3.8) is 0 Å². The van der Waals surface area contributed by atoms with Gasteiger partial charge in [0.25, 0.3) is 0 Å². The molecule has 0 bridgehead atoms. The summed E-state index contributed by atoms with van der Waals surface area (Å²) in [6.07, 6.45) is 0. The Morgan fingerprint density at radius 3 is 2.45 bits per heavy atom. The van der Waals surface area contributed by atoms with Crippen LogP contribution < -0.4 is 5.46 Å². The summed E-state index contributed by atoms with van der Waals surface area (Å²) in [5, 5.41) is 7.48. The van der Waals surface area contributed by atoms with Crippen LogP contribution in [0.1, 0.15) is 12.5 Å². The summed E-state index contributed by atoms with van der Waals surface area (Å²) in [5.74, 6) is 0. The quantitative estimate of drug-likeness (QED) is 0.477. The molecule has 0 heterocycles. The molecule has 0 aliphatic heterocycles. The Balaban J connectivity index is 3.12. The molecule has 0 atom stereocenters. The average molecular weight is 145 g/mol. The van der Waals surface area contributed by atoms with Crippen molar-refractivity contribution in [1.29, 1.82) is 5.41 Å². The van der Waals surface area contributed by atoms with E-state index in [0.29, 0.717) is 5.71 Å². The van der Waals surface area contributed by atoms with E-state index in [1.807, 2.05) is 25.1 Å². The first-order valence-corrected chi connectivity index (χ1v) is 3.89. The highest BCUT2D eigenvalue weighted by Gasteiger charge is 2.00. The molecule has 0 unspecified atom stereocenters. The van der Waals surface area contributed by atoms with Crippen molar-refractivity contribution in [2.75, 3.05) is 0 Å². The van der Waals surface area contributed by atoms with Crippen LogP contribution in [0.2, 0.25) is 6.82 Å². The monoisotopic (exact) mass is 145 g/mol. The average Bonchev–Trinajstić information content (AvgIpc) is 2.04. The molecular formula is C9H12BN. The largest absolute Gasteiger partial charge is 0.305 e. The van der Waals surface area contributed by atoms with Gasteiger partial charge < -0.3 is 5.41 Å². The SMILES string of the molecule is CBc1ccccc1C(C)=N. The molecule has 1 nitrogen and oxygen atoms in total. The van der Waals surface area contributed by atoms with Gasteiger partial charge in [-0.15, -0.1) is 0 Å². The number of hydrogen-bond acceptors (Lipinski definition) is 1. The minimum atomic E-state index is 0.655. The summed E-state index contributed by atoms with van der Waals surface area (Å²) in [4.78, 5) is 0. The van der Waals surface area contributed by atoms with Gasteiger partial charge in [-0.25, -0.2) is 0 Å². The lowest BCUT2D eigenvalue weighted by Crippen LogP contribution is -2.18. The molecule has 0 aromatic heterocycles. The lowest BCUT2D eigenvalue weighted by Gasteiger charge is -2.03. The highest BCUT2D eigenvalue weighted by Crippen LogP contribution is 1.95. The Bertz CT molecular complexity index is 268. The minimum absolute atomic E-state index is 0.655. The molecule has 1 aromatic carbocycles. The molecule has 0 spiro atoms. The van der Waals surface area contributed by atoms with Crippen molar-refractivity contribution in [3.05, 3.63) is 29.8 Å². The van der Waals surface area contributed by atoms with Gasteiger partial charge in [0.2, 0.25) is 0 Å². The minimum Gasteiger partial charge on any atom is -0.305 e. The summed E-state index contributed by atoms with van der Waals surface area (Å²) < 4.78 is 0. The molecule has 11 heavy (non-hydrogen) atoms. The lowest BCUT2D eigenvalue weighted by molar-refractivity contribution is 1.47. The van der Waals surface area contributed by atoms with Crippen molar-refractivity contribution >= 4 is 18.5 Å². The lowest BCUT2D eigenvalue weighted by atomic mass is 9.70. The predicted molar refractivity (Wildman–Crippen MR) is 51.6 cm³/mol. The fraction of sp³-hybridized carbons (Fsp3) is 0.222. The molecule has 0 fully saturated rings. The fourth-order valence-corrected chi connectivity index (χ4v) is 1.19. The predicted octanol–water partition coefficient (Wildman–Crippen LogP) is 1.18. The molecule has 0 aliphatic rings. The first-order valence-electron chi connectivity index (χ1n) is 3.89. The van der Waals surface area contributed by atoms with Crippen LogP contribution in [0.3, 0.4) is 0 Å². The Morgan fingerprint density at radius 2 is 2.00 bits per heavy atom. The van der Waals surface area contributed by atoms with Crippen LogP contribution in [0.5, 0.6) is 0 Å². The molecule has 56 valence electrons. The van der Waals surface area contributed by atoms with Gasteiger partial charge in [-0.2, -0.15) is 0 Å². The van der Waals surface area contributed by atoms with Crippen LogP contribution in [0.15, 0.2) is 24.3 Å². The van der Waals surface area contributed by atoms with Crippen LogP contribution in [-0.2, 0) is 0 Å². The standard InChI is InChI=1S/C9H12BN/c1-7(11)8-5-3-4-6-9(8)10-2/h3-6,10-11H,1-2H3. The third-order valence-electron chi connectivity index (χ3n) is 1.80. The van der Waals surface area contributed by atoms with Gasteiger partial charge in [0.1, 0.15) is 0 Å². The van der Waals surface area contributed by atoms with E-state index in [-0.39, 0.29) is 0 Å². The van der Waals surface area contributed by atoms with Crippen LogP contribution in [0.25, 0.3) is 0 Å². The summed E-state index contributed by atoms with van der Waals surface area (Å²) in [5.41, 5.74) is 3.00. The van der Waals surface area contributed by atoms with Gasteiger partial charge in [0.05, 0.1) is 0 Å². The molecule has 0 saturated carbocycles. The van der Waals surface area contributed by atoms with E-state index in [0.717, 1.165) is 12.8 Å². The number of rotatable bonds is 2. The summed E-state index contributed by atoms with van der Waals surface area (Å²) >= 11 is 0. The van der Waals surface area contributed by atoms with E-state index in [1.165, 1.54) is 5.46 Å². The number of hydrogen-bond donors (Lipinski definition) is 1. The van der Waals surface area contributed by atoms with Gasteiger partial charge in [-0.3, -0.25) is 0 Å². The molecule has 2 heteroatoms. The Hall–Kier alpha value is -1.05. The topological polar surface area (TPSA) is 23.9 Å². The van der Waals surface area contributed by atoms with Gasteiger partial charge in [0, 0.05) is 5.71 Å². The summed E-state index contributed by atoms with van der Waals surface area (Å²) in [6, 6.07) is 8.08. The van der Waals surface area contributed by atoms with Crippen LogP contribution >= 0.6 is 0 Å². The maximum absolute atomic E-state index is 7.48. The van der Waals surface area contributed by atoms with E-state index >= 15 is 0 Å². The maximum Gasteiger partial charge on any atom is 0.155 e. The Kier molecular flexibility index (Phi) is 2.47. The second kappa shape index (κ2) is 3.38. The zero-order valence-electron chi connectivity index (χ0n) is 7.02. The summed E-state index contributed by atoms with van der Waals surface area (Å²) in [6.45, 7) is 3.94. The van der Waals surface area contributed by atoms with Crippen LogP contribution in [0, 0.1) is 5.41 Å². The van der Waals surface area contributed by atoms with Crippen LogP contribution in [-0.4, -0.2) is 13.0 Å². The van der Waals surface area contributed by atoms with E-state index in [1.54, 1.807) is 0 Å². The fourth-order valence-electron chi connectivity index (χ4n) is 1.19. The zero-order valence-corrected chi connectivity index (χ0v) is 7.02. The second-order valence-corrected chi connectivity index (χ2v) is 2.64. The molecule has 1 rings (SSSR count). The van der Waals surface area contributed by atoms with Crippen molar-refractivity contribution in [2.45, 2.75) is 13.7 Å². The van der Waals surface area contributed by atoms with E-state index in [9.17, 15) is 0 Å². The van der Waals surface area contributed by atoms with Crippen molar-refractivity contribution in [2.24, 2.45) is 0 Å². The molecule has 0 amide bonds. The Morgan fingerprint density at radius 1 is 1.36 bits per heavy atom. The molecule has 0 radical (unpaired) electrons. The first-order chi connectivity index (χ1) is 5.25. The van der Waals surface area contributed by atoms with Gasteiger partial charge in [-0.1, -0.05) is 36.6 Å². The Labute approximate surface area is 68.2 Å². The van der Waals surface area contributed by atoms with Crippen molar-refractivity contribution in [3.8, 4) is 0 Å². The first kappa shape index (κ1) is 8.06. The van der Waals surface area contributed by atoms with Gasteiger partial charge >= 0.3 is 0 Å². The molecule has 1 aromatic rings. The third kappa shape index (κ3) is 1.70. The van der Waals surface area contributed by atoms with Crippen LogP contribution in [0.4, 0.5) is 0 Å². The number of nitrogens with one attached hydrogen (secondary N) is 1. The van der Waals surface area contributed by atoms with E-state index in [4.69, 9.17) is 5.41 Å². The third-order valence-corrected chi connectivity index (χ3v) is 1.80. The molecular weight excluding hydrogens is 133 g/mol. The highest BCUT2D eigenvalue weighted by molar-refractivity contribution is 6.54. The molecule has 0 aliphatic carbocycles. The smallest absolute Gasteiger partial charge is 0.155 e. The molecule has 0 saturated heterocycles. The van der Waals surface area contributed by atoms with Crippen molar-refractivity contribution in [1.82, 2.24) is 0 Å². The summed E-state index contributed by atoms with van der Waals surface area (Å²) in [7, 11) is 1.01. The van der Waals surface area contributed by atoms with E-state index < -0.39 is 0 Å². The number of benzene rings is 1. The zero-order chi connectivity index (χ0) is 8.27. The van der Waals surface area contributed by atoms with E-state index in [2.05, 4.69) is 12.9 Å². The van der Waals surface area contributed by atoms with Gasteiger partial charge in [-0.05, 0) is 12.5 Å². The van der Waals surface area contributed by atoms with Crippen molar-refractivity contribution < 1.29 is 0 Å².